The molecular weight excluding hydrogens is 166 g/mol. The number of benzene rings is 1. The van der Waals surface area contributed by atoms with Crippen LogP contribution in [0.2, 0.25) is 0 Å². The van der Waals surface area contributed by atoms with Crippen molar-refractivity contribution in [2.75, 3.05) is 24.2 Å². The highest BCUT2D eigenvalue weighted by Gasteiger charge is 2.16. The molecule has 0 fully saturated rings. The van der Waals surface area contributed by atoms with E-state index >= 15 is 0 Å². The molecule has 0 amide bonds. The minimum Gasteiger partial charge on any atom is -0.489 e. The fourth-order valence-electron chi connectivity index (χ4n) is 1.37. The lowest BCUT2D eigenvalue weighted by molar-refractivity contribution is 0.287. The molecule has 0 aliphatic carbocycles. The van der Waals surface area contributed by atoms with Crippen LogP contribution in [0.1, 0.15) is 0 Å². The van der Waals surface area contributed by atoms with Crippen LogP contribution in [0.5, 0.6) is 5.75 Å². The number of anilines is 2. The number of nitrogens with one attached hydrogen (secondary N) is 1. The quantitative estimate of drug-likeness (QED) is 0.546. The smallest absolute Gasteiger partial charge is 0.142 e. The van der Waals surface area contributed by atoms with Crippen LogP contribution < -0.4 is 21.5 Å². The van der Waals surface area contributed by atoms with Gasteiger partial charge in [0.25, 0.3) is 0 Å². The standard InChI is InChI=1S/C9H13N3O/c10-4-7-5-13-9-2-1-6(11)3-8(9)12-7/h1-3,7,12H,4-5,10-11H2. The predicted molar refractivity (Wildman–Crippen MR) is 52.8 cm³/mol. The zero-order chi connectivity index (χ0) is 9.26. The Hall–Kier alpha value is -1.42. The zero-order valence-corrected chi connectivity index (χ0v) is 7.29. The summed E-state index contributed by atoms with van der Waals surface area (Å²) in [5.41, 5.74) is 12.8. The first-order chi connectivity index (χ1) is 6.29. The molecule has 1 atom stereocenters. The second-order valence-electron chi connectivity index (χ2n) is 3.14. The van der Waals surface area contributed by atoms with Crippen LogP contribution in [0.4, 0.5) is 11.4 Å². The Kier molecular flexibility index (Phi) is 1.98. The summed E-state index contributed by atoms with van der Waals surface area (Å²) in [6, 6.07) is 5.74. The van der Waals surface area contributed by atoms with Crippen molar-refractivity contribution in [3.63, 3.8) is 0 Å². The Morgan fingerprint density at radius 3 is 3.15 bits per heavy atom. The SMILES string of the molecule is NCC1COc2ccc(N)cc2N1. The molecule has 1 heterocycles. The van der Waals surface area contributed by atoms with Gasteiger partial charge in [-0.15, -0.1) is 0 Å². The normalized spacial score (nSPS) is 19.9. The van der Waals surface area contributed by atoms with Gasteiger partial charge in [0, 0.05) is 12.2 Å². The topological polar surface area (TPSA) is 73.3 Å². The van der Waals surface area contributed by atoms with Crippen LogP contribution in [0.15, 0.2) is 18.2 Å². The van der Waals surface area contributed by atoms with Crippen molar-refractivity contribution in [2.45, 2.75) is 6.04 Å². The zero-order valence-electron chi connectivity index (χ0n) is 7.29. The van der Waals surface area contributed by atoms with Crippen molar-refractivity contribution in [2.24, 2.45) is 5.73 Å². The molecule has 0 aromatic heterocycles. The van der Waals surface area contributed by atoms with Crippen molar-refractivity contribution in [3.05, 3.63) is 18.2 Å². The fraction of sp³-hybridized carbons (Fsp3) is 0.333. The molecule has 1 aromatic carbocycles. The van der Waals surface area contributed by atoms with Crippen molar-refractivity contribution in [1.82, 2.24) is 0 Å². The number of rotatable bonds is 1. The van der Waals surface area contributed by atoms with Gasteiger partial charge in [0.05, 0.1) is 11.7 Å². The molecule has 1 aromatic rings. The first-order valence-corrected chi connectivity index (χ1v) is 4.28. The molecule has 13 heavy (non-hydrogen) atoms. The monoisotopic (exact) mass is 179 g/mol. The Labute approximate surface area is 76.9 Å². The molecule has 0 saturated heterocycles. The highest BCUT2D eigenvalue weighted by Crippen LogP contribution is 2.30. The molecule has 0 bridgehead atoms. The van der Waals surface area contributed by atoms with Gasteiger partial charge in [0.2, 0.25) is 0 Å². The highest BCUT2D eigenvalue weighted by molar-refractivity contribution is 5.64. The van der Waals surface area contributed by atoms with E-state index in [4.69, 9.17) is 16.2 Å². The number of ether oxygens (including phenoxy) is 1. The van der Waals surface area contributed by atoms with Crippen LogP contribution >= 0.6 is 0 Å². The Balaban J connectivity index is 2.27. The summed E-state index contributed by atoms with van der Waals surface area (Å²) in [5, 5.41) is 3.26. The van der Waals surface area contributed by atoms with E-state index in [0.717, 1.165) is 17.1 Å². The minimum atomic E-state index is 0.189. The molecule has 5 N–H and O–H groups in total. The summed E-state index contributed by atoms with van der Waals surface area (Å²) in [4.78, 5) is 0. The third-order valence-electron chi connectivity index (χ3n) is 2.09. The lowest BCUT2D eigenvalue weighted by Gasteiger charge is -2.26. The van der Waals surface area contributed by atoms with Crippen LogP contribution in [0, 0.1) is 0 Å². The maximum Gasteiger partial charge on any atom is 0.142 e. The lowest BCUT2D eigenvalue weighted by atomic mass is 10.2. The summed E-state index contributed by atoms with van der Waals surface area (Å²) in [6.45, 7) is 1.18. The number of fused-ring (bicyclic) bond motifs is 1. The molecule has 2 rings (SSSR count). The van der Waals surface area contributed by atoms with Crippen molar-refractivity contribution in [1.29, 1.82) is 0 Å². The molecule has 0 saturated carbocycles. The van der Waals surface area contributed by atoms with Crippen LogP contribution in [0.3, 0.4) is 0 Å². The van der Waals surface area contributed by atoms with Gasteiger partial charge >= 0.3 is 0 Å². The molecule has 1 unspecified atom stereocenters. The van der Waals surface area contributed by atoms with E-state index in [1.807, 2.05) is 18.2 Å². The second kappa shape index (κ2) is 3.14. The van der Waals surface area contributed by atoms with Crippen LogP contribution in [-0.2, 0) is 0 Å². The van der Waals surface area contributed by atoms with Crippen molar-refractivity contribution >= 4 is 11.4 Å². The van der Waals surface area contributed by atoms with Gasteiger partial charge in [-0.1, -0.05) is 0 Å². The van der Waals surface area contributed by atoms with Gasteiger partial charge < -0.3 is 21.5 Å². The van der Waals surface area contributed by atoms with Crippen LogP contribution in [0.25, 0.3) is 0 Å². The molecule has 70 valence electrons. The summed E-state index contributed by atoms with van der Waals surface area (Å²) in [7, 11) is 0. The summed E-state index contributed by atoms with van der Waals surface area (Å²) < 4.78 is 5.48. The van der Waals surface area contributed by atoms with E-state index in [1.54, 1.807) is 0 Å². The second-order valence-corrected chi connectivity index (χ2v) is 3.14. The number of hydrogen-bond acceptors (Lipinski definition) is 4. The molecule has 4 heteroatoms. The van der Waals surface area contributed by atoms with Crippen LogP contribution in [-0.4, -0.2) is 19.2 Å². The van der Waals surface area contributed by atoms with E-state index in [9.17, 15) is 0 Å². The first-order valence-electron chi connectivity index (χ1n) is 4.28. The largest absolute Gasteiger partial charge is 0.489 e. The van der Waals surface area contributed by atoms with Gasteiger partial charge in [-0.25, -0.2) is 0 Å². The van der Waals surface area contributed by atoms with Gasteiger partial charge in [0.15, 0.2) is 0 Å². The molecular formula is C9H13N3O. The third kappa shape index (κ3) is 1.53. The predicted octanol–water partition coefficient (Wildman–Crippen LogP) is 0.400. The number of hydrogen-bond donors (Lipinski definition) is 3. The molecule has 1 aliphatic rings. The molecule has 0 radical (unpaired) electrons. The van der Waals surface area contributed by atoms with Gasteiger partial charge in [-0.3, -0.25) is 0 Å². The average molecular weight is 179 g/mol. The Morgan fingerprint density at radius 2 is 2.38 bits per heavy atom. The third-order valence-corrected chi connectivity index (χ3v) is 2.09. The van der Waals surface area contributed by atoms with E-state index < -0.39 is 0 Å². The average Bonchev–Trinajstić information content (AvgIpc) is 2.16. The molecule has 0 spiro atoms. The van der Waals surface area contributed by atoms with E-state index in [-0.39, 0.29) is 6.04 Å². The fourth-order valence-corrected chi connectivity index (χ4v) is 1.37. The van der Waals surface area contributed by atoms with Gasteiger partial charge in [-0.05, 0) is 18.2 Å². The van der Waals surface area contributed by atoms with Gasteiger partial charge in [0.1, 0.15) is 12.4 Å². The van der Waals surface area contributed by atoms with E-state index in [2.05, 4.69) is 5.32 Å². The summed E-state index contributed by atoms with van der Waals surface area (Å²) in [5.74, 6) is 0.846. The van der Waals surface area contributed by atoms with E-state index in [0.29, 0.717) is 13.2 Å². The van der Waals surface area contributed by atoms with Gasteiger partial charge in [-0.2, -0.15) is 0 Å². The Morgan fingerprint density at radius 1 is 1.54 bits per heavy atom. The first kappa shape index (κ1) is 8.19. The number of nitrogens with two attached hydrogens (primary N) is 2. The Bertz CT molecular complexity index is 314. The lowest BCUT2D eigenvalue weighted by Crippen LogP contribution is -2.37. The maximum absolute atomic E-state index is 5.64. The minimum absolute atomic E-state index is 0.189. The summed E-state index contributed by atoms with van der Waals surface area (Å²) in [6.07, 6.45) is 0. The van der Waals surface area contributed by atoms with Crippen molar-refractivity contribution < 1.29 is 4.74 Å². The highest BCUT2D eigenvalue weighted by atomic mass is 16.5. The van der Waals surface area contributed by atoms with E-state index in [1.165, 1.54) is 0 Å². The molecule has 1 aliphatic heterocycles. The van der Waals surface area contributed by atoms with Crippen molar-refractivity contribution in [3.8, 4) is 5.75 Å². The maximum atomic E-state index is 5.64. The number of nitrogen functional groups attached to an aromatic ring is 1. The molecule has 4 nitrogen and oxygen atoms in total. The summed E-state index contributed by atoms with van der Waals surface area (Å²) >= 11 is 0.